The van der Waals surface area contributed by atoms with E-state index in [1.54, 1.807) is 0 Å². The number of carbonyl (C=O) groups is 2. The lowest BCUT2D eigenvalue weighted by Crippen LogP contribution is -2.43. The van der Waals surface area contributed by atoms with Crippen molar-refractivity contribution in [3.05, 3.63) is 0 Å². The van der Waals surface area contributed by atoms with Gasteiger partial charge in [0.25, 0.3) is 0 Å². The number of alkyl halides is 2. The minimum atomic E-state index is -4.00. The van der Waals surface area contributed by atoms with Crippen LogP contribution in [0, 0.1) is 0 Å². The van der Waals surface area contributed by atoms with Crippen molar-refractivity contribution >= 4 is 60.1 Å². The summed E-state index contributed by atoms with van der Waals surface area (Å²) in [6.45, 7) is 2.70. The topological polar surface area (TPSA) is 88.5 Å². The molecular weight excluding hydrogens is 403 g/mol. The second-order valence-corrected chi connectivity index (χ2v) is 9.65. The van der Waals surface area contributed by atoms with Crippen LogP contribution in [0.15, 0.2) is 0 Å². The Bertz CT molecular complexity index is 373. The number of aliphatic carboxylic acids is 1. The second-order valence-electron chi connectivity index (χ2n) is 3.05. The quantitative estimate of drug-likeness (QED) is 0.537. The van der Waals surface area contributed by atoms with Gasteiger partial charge in [-0.25, -0.2) is 8.42 Å². The van der Waals surface area contributed by atoms with Gasteiger partial charge >= 0.3 is 5.97 Å². The summed E-state index contributed by atoms with van der Waals surface area (Å²) in [6, 6.07) is 0. The first-order valence-electron chi connectivity index (χ1n) is 3.83. The largest absolute Gasteiger partial charge is 0.480 e. The molecule has 0 rings (SSSR count). The third-order valence-electron chi connectivity index (χ3n) is 1.70. The Kier molecular flexibility index (Phi) is 5.19. The molecule has 5 nitrogen and oxygen atoms in total. The zero-order valence-electron chi connectivity index (χ0n) is 8.03. The Morgan fingerprint density at radius 3 is 2.20 bits per heavy atom. The van der Waals surface area contributed by atoms with Gasteiger partial charge in [-0.15, -0.1) is 0 Å². The molecule has 2 atom stereocenters. The summed E-state index contributed by atoms with van der Waals surface area (Å²) in [5.41, 5.74) is 0. The van der Waals surface area contributed by atoms with E-state index in [-0.39, 0.29) is 0 Å². The monoisotopic (exact) mass is 412 g/mol. The predicted molar refractivity (Wildman–Crippen MR) is 67.2 cm³/mol. The molecule has 0 aromatic heterocycles. The number of ketones is 1. The van der Waals surface area contributed by atoms with Gasteiger partial charge in [0.1, 0.15) is 5.75 Å². The number of rotatable bonds is 5. The molecule has 0 aliphatic rings. The molecule has 0 amide bonds. The molecule has 8 heteroatoms. The van der Waals surface area contributed by atoms with Gasteiger partial charge in [0.05, 0.1) is 4.83 Å². The lowest BCUT2D eigenvalue weighted by molar-refractivity contribution is -0.134. The van der Waals surface area contributed by atoms with E-state index in [9.17, 15) is 18.0 Å². The average Bonchev–Trinajstić information content (AvgIpc) is 1.99. The molecule has 0 bridgehead atoms. The van der Waals surface area contributed by atoms with Crippen LogP contribution in [0.5, 0.6) is 0 Å². The smallest absolute Gasteiger partial charge is 0.318 e. The molecule has 0 aromatic rings. The first kappa shape index (κ1) is 15.3. The molecule has 88 valence electrons. The van der Waals surface area contributed by atoms with Crippen molar-refractivity contribution in [2.45, 2.75) is 21.4 Å². The molecule has 15 heavy (non-hydrogen) atoms. The van der Waals surface area contributed by atoms with Crippen LogP contribution in [0.3, 0.4) is 0 Å². The highest BCUT2D eigenvalue weighted by Gasteiger charge is 2.45. The Hall–Kier alpha value is 0.300. The first-order chi connectivity index (χ1) is 6.52. The molecule has 0 aliphatic heterocycles. The summed E-state index contributed by atoms with van der Waals surface area (Å²) >= 11 is 4.43. The average molecular weight is 413 g/mol. The van der Waals surface area contributed by atoms with Crippen LogP contribution in [0.4, 0.5) is 0 Å². The highest BCUT2D eigenvalue weighted by Crippen LogP contribution is 2.30. The SMILES string of the molecule is CC(Br)C(=O)C(C)(I)S(=O)(=O)CC(=O)O. The number of carboxylic acids is 1. The van der Waals surface area contributed by atoms with E-state index >= 15 is 0 Å². The molecule has 0 spiro atoms. The molecule has 0 radical (unpaired) electrons. The minimum Gasteiger partial charge on any atom is -0.480 e. The van der Waals surface area contributed by atoms with Gasteiger partial charge in [-0.3, -0.25) is 9.59 Å². The van der Waals surface area contributed by atoms with E-state index in [1.807, 2.05) is 0 Å². The fourth-order valence-corrected chi connectivity index (χ4v) is 3.86. The number of halogens is 2. The van der Waals surface area contributed by atoms with E-state index < -0.39 is 34.9 Å². The summed E-state index contributed by atoms with van der Waals surface area (Å²) < 4.78 is 21.4. The van der Waals surface area contributed by atoms with Gasteiger partial charge in [0.15, 0.2) is 18.4 Å². The zero-order chi connectivity index (χ0) is 12.4. The van der Waals surface area contributed by atoms with Gasteiger partial charge < -0.3 is 5.11 Å². The lowest BCUT2D eigenvalue weighted by Gasteiger charge is -2.21. The van der Waals surface area contributed by atoms with E-state index in [2.05, 4.69) is 15.9 Å². The highest BCUT2D eigenvalue weighted by atomic mass is 127. The maximum absolute atomic E-state index is 11.6. The van der Waals surface area contributed by atoms with E-state index in [4.69, 9.17) is 5.11 Å². The molecule has 0 aromatic carbocycles. The van der Waals surface area contributed by atoms with Crippen molar-refractivity contribution in [3.8, 4) is 0 Å². The number of Topliss-reactive ketones (excluding diaryl/α,β-unsaturated/α-hetero) is 1. The summed E-state index contributed by atoms with van der Waals surface area (Å²) in [5.74, 6) is -3.07. The van der Waals surface area contributed by atoms with Crippen molar-refractivity contribution in [2.24, 2.45) is 0 Å². The highest BCUT2D eigenvalue weighted by molar-refractivity contribution is 14.1. The van der Waals surface area contributed by atoms with Gasteiger partial charge in [-0.1, -0.05) is 38.5 Å². The van der Waals surface area contributed by atoms with Crippen LogP contribution in [0.1, 0.15) is 13.8 Å². The summed E-state index contributed by atoms with van der Waals surface area (Å²) in [6.07, 6.45) is 0. The van der Waals surface area contributed by atoms with Crippen LogP contribution in [0.25, 0.3) is 0 Å². The molecule has 0 aliphatic carbocycles. The van der Waals surface area contributed by atoms with Gasteiger partial charge in [0, 0.05) is 0 Å². The van der Waals surface area contributed by atoms with E-state index in [0.717, 1.165) is 0 Å². The summed E-state index contributed by atoms with van der Waals surface area (Å²) in [4.78, 5) is 21.3. The Labute approximate surface area is 110 Å². The van der Waals surface area contributed by atoms with Gasteiger partial charge in [0.2, 0.25) is 0 Å². The third-order valence-corrected chi connectivity index (χ3v) is 6.66. The van der Waals surface area contributed by atoms with Crippen LogP contribution in [-0.4, -0.2) is 38.6 Å². The van der Waals surface area contributed by atoms with Crippen molar-refractivity contribution in [1.82, 2.24) is 0 Å². The fourth-order valence-electron chi connectivity index (χ4n) is 0.807. The van der Waals surface area contributed by atoms with Crippen LogP contribution in [0.2, 0.25) is 0 Å². The molecule has 0 saturated heterocycles. The molecule has 2 unspecified atom stereocenters. The lowest BCUT2D eigenvalue weighted by atomic mass is 10.2. The van der Waals surface area contributed by atoms with Crippen LogP contribution >= 0.6 is 38.5 Å². The van der Waals surface area contributed by atoms with E-state index in [1.165, 1.54) is 36.4 Å². The number of carboxylic acid groups (broad SMARTS) is 1. The molecular formula is C7H10BrIO5S. The standard InChI is InChI=1S/C7H10BrIO5S/c1-4(8)6(12)7(2,9)15(13,14)3-5(10)11/h4H,3H2,1-2H3,(H,10,11). The summed E-state index contributed by atoms with van der Waals surface area (Å²) in [7, 11) is -4.00. The van der Waals surface area contributed by atoms with Gasteiger partial charge in [-0.05, 0) is 13.8 Å². The molecule has 1 N–H and O–H groups in total. The molecule has 0 heterocycles. The normalized spacial score (nSPS) is 17.9. The predicted octanol–water partition coefficient (Wildman–Crippen LogP) is 0.990. The number of sulfone groups is 1. The van der Waals surface area contributed by atoms with Crippen molar-refractivity contribution in [2.75, 3.05) is 5.75 Å². The minimum absolute atomic E-state index is 0.565. The van der Waals surface area contributed by atoms with Crippen molar-refractivity contribution in [1.29, 1.82) is 0 Å². The van der Waals surface area contributed by atoms with Crippen molar-refractivity contribution < 1.29 is 23.1 Å². The number of hydrogen-bond acceptors (Lipinski definition) is 4. The molecule has 0 saturated carbocycles. The molecule has 0 fully saturated rings. The van der Waals surface area contributed by atoms with Gasteiger partial charge in [-0.2, -0.15) is 0 Å². The van der Waals surface area contributed by atoms with Crippen LogP contribution < -0.4 is 0 Å². The number of carbonyl (C=O) groups excluding carboxylic acids is 1. The zero-order valence-corrected chi connectivity index (χ0v) is 12.6. The Balaban J connectivity index is 5.20. The Morgan fingerprint density at radius 1 is 1.53 bits per heavy atom. The third kappa shape index (κ3) is 3.66. The maximum Gasteiger partial charge on any atom is 0.318 e. The summed E-state index contributed by atoms with van der Waals surface area (Å²) in [5, 5.41) is 8.43. The van der Waals surface area contributed by atoms with E-state index in [0.29, 0.717) is 0 Å². The fraction of sp³-hybridized carbons (Fsp3) is 0.714. The Morgan fingerprint density at radius 2 is 1.93 bits per heavy atom. The van der Waals surface area contributed by atoms with Crippen molar-refractivity contribution in [3.63, 3.8) is 0 Å². The maximum atomic E-state index is 11.6. The van der Waals surface area contributed by atoms with Crippen LogP contribution in [-0.2, 0) is 19.4 Å². The number of hydrogen-bond donors (Lipinski definition) is 1. The second kappa shape index (κ2) is 5.09. The first-order valence-corrected chi connectivity index (χ1v) is 7.48.